The maximum Gasteiger partial charge on any atom is 0.255 e. The summed E-state index contributed by atoms with van der Waals surface area (Å²) in [5.74, 6) is -0.231. The predicted molar refractivity (Wildman–Crippen MR) is 115 cm³/mol. The third-order valence-electron chi connectivity index (χ3n) is 5.65. The SMILES string of the molecule is [2H]C([2H])([2H])c1cc2cnc(NC3C([2H])([2H])CN(S(C)(=O)=O)CC3([2H])[2H])nc2n([C@H]2CCC[C@]2(C)O)c1=O. The summed E-state index contributed by atoms with van der Waals surface area (Å²) in [6.07, 6.45) is -1.21. The summed E-state index contributed by atoms with van der Waals surface area (Å²) in [6, 6.07) is -1.16. The Hall–Kier alpha value is -2.04. The van der Waals surface area contributed by atoms with Crippen LogP contribution in [-0.2, 0) is 10.0 Å². The van der Waals surface area contributed by atoms with Crippen LogP contribution in [0.3, 0.4) is 0 Å². The van der Waals surface area contributed by atoms with E-state index in [1.165, 1.54) is 6.20 Å². The number of anilines is 1. The number of pyridine rings is 1. The highest BCUT2D eigenvalue weighted by atomic mass is 32.2. The van der Waals surface area contributed by atoms with E-state index >= 15 is 0 Å². The van der Waals surface area contributed by atoms with E-state index in [0.29, 0.717) is 19.3 Å². The van der Waals surface area contributed by atoms with Gasteiger partial charge in [0.05, 0.1) is 17.9 Å². The van der Waals surface area contributed by atoms with Crippen LogP contribution in [0.5, 0.6) is 0 Å². The normalized spacial score (nSPS) is 33.6. The van der Waals surface area contributed by atoms with Crippen molar-refractivity contribution in [2.45, 2.75) is 63.5 Å². The van der Waals surface area contributed by atoms with Gasteiger partial charge in [0.1, 0.15) is 5.65 Å². The minimum absolute atomic E-state index is 0.0115. The number of aromatic nitrogens is 3. The fraction of sp³-hybridized carbons (Fsp3) is 0.650. The minimum atomic E-state index is -3.85. The third kappa shape index (κ3) is 3.95. The first-order valence-electron chi connectivity index (χ1n) is 13.1. The number of fused-ring (bicyclic) bond motifs is 1. The molecule has 1 saturated carbocycles. The Balaban J connectivity index is 1.83. The molecule has 0 unspecified atom stereocenters. The number of sulfonamides is 1. The lowest BCUT2D eigenvalue weighted by molar-refractivity contribution is 0.0266. The maximum absolute atomic E-state index is 13.4. The minimum Gasteiger partial charge on any atom is -0.388 e. The molecule has 4 rings (SSSR count). The van der Waals surface area contributed by atoms with Gasteiger partial charge in [-0.2, -0.15) is 4.98 Å². The molecule has 2 N–H and O–H groups in total. The zero-order chi connectivity index (χ0) is 27.8. The number of aliphatic hydroxyl groups is 1. The molecule has 1 aliphatic carbocycles. The maximum atomic E-state index is 13.4. The van der Waals surface area contributed by atoms with Gasteiger partial charge in [-0.15, -0.1) is 0 Å². The number of hydrogen-bond acceptors (Lipinski definition) is 7. The van der Waals surface area contributed by atoms with Crippen molar-refractivity contribution >= 4 is 27.0 Å². The second-order valence-corrected chi connectivity index (χ2v) is 9.97. The van der Waals surface area contributed by atoms with Crippen LogP contribution in [0.4, 0.5) is 5.95 Å². The Labute approximate surface area is 186 Å². The smallest absolute Gasteiger partial charge is 0.255 e. The van der Waals surface area contributed by atoms with Crippen LogP contribution in [0.1, 0.15) is 60.1 Å². The van der Waals surface area contributed by atoms with Gasteiger partial charge in [0.2, 0.25) is 16.0 Å². The molecule has 2 aromatic heterocycles. The monoisotopic (exact) mass is 442 g/mol. The fourth-order valence-electron chi connectivity index (χ4n) is 4.00. The van der Waals surface area contributed by atoms with Crippen molar-refractivity contribution in [3.63, 3.8) is 0 Å². The molecule has 164 valence electrons. The number of nitrogens with zero attached hydrogens (tertiary/aromatic N) is 4. The average Bonchev–Trinajstić information content (AvgIpc) is 3.06. The Morgan fingerprint density at radius 1 is 1.40 bits per heavy atom. The lowest BCUT2D eigenvalue weighted by atomic mass is 9.99. The summed E-state index contributed by atoms with van der Waals surface area (Å²) >= 11 is 0. The highest BCUT2D eigenvalue weighted by Gasteiger charge is 2.39. The first-order valence-corrected chi connectivity index (χ1v) is 11.5. The largest absolute Gasteiger partial charge is 0.388 e. The number of piperidine rings is 1. The number of nitrogens with one attached hydrogen (secondary N) is 1. The van der Waals surface area contributed by atoms with Gasteiger partial charge in [-0.3, -0.25) is 9.36 Å². The Bertz CT molecular complexity index is 1380. The molecule has 1 aliphatic heterocycles. The molecule has 0 aromatic carbocycles. The molecular formula is C20H29N5O4S. The van der Waals surface area contributed by atoms with E-state index in [2.05, 4.69) is 15.3 Å². The Morgan fingerprint density at radius 3 is 2.73 bits per heavy atom. The van der Waals surface area contributed by atoms with Crippen LogP contribution in [-0.4, -0.2) is 63.4 Å². The molecule has 1 saturated heterocycles. The lowest BCUT2D eigenvalue weighted by Crippen LogP contribution is -2.42. The van der Waals surface area contributed by atoms with Crippen molar-refractivity contribution in [3.8, 4) is 0 Å². The van der Waals surface area contributed by atoms with Gasteiger partial charge in [-0.25, -0.2) is 17.7 Å². The third-order valence-corrected chi connectivity index (χ3v) is 6.85. The molecule has 2 atom stereocenters. The van der Waals surface area contributed by atoms with Crippen LogP contribution in [0.2, 0.25) is 0 Å². The quantitative estimate of drug-likeness (QED) is 0.735. The molecule has 2 fully saturated rings. The van der Waals surface area contributed by atoms with E-state index in [-0.39, 0.29) is 17.0 Å². The van der Waals surface area contributed by atoms with Gasteiger partial charge in [0, 0.05) is 45.9 Å². The van der Waals surface area contributed by atoms with Gasteiger partial charge < -0.3 is 10.4 Å². The van der Waals surface area contributed by atoms with Gasteiger partial charge in [-0.05, 0) is 51.9 Å². The predicted octanol–water partition coefficient (Wildman–Crippen LogP) is 1.41. The molecule has 0 spiro atoms. The van der Waals surface area contributed by atoms with Crippen molar-refractivity contribution in [1.82, 2.24) is 18.8 Å². The summed E-state index contributed by atoms with van der Waals surface area (Å²) < 4.78 is 82.7. The molecule has 10 heteroatoms. The molecule has 2 aromatic rings. The van der Waals surface area contributed by atoms with Crippen LogP contribution in [0, 0.1) is 6.85 Å². The fourth-order valence-corrected chi connectivity index (χ4v) is 4.61. The van der Waals surface area contributed by atoms with E-state index < -0.39 is 71.5 Å². The second-order valence-electron chi connectivity index (χ2n) is 7.99. The van der Waals surface area contributed by atoms with Crippen molar-refractivity contribution in [1.29, 1.82) is 0 Å². The molecule has 30 heavy (non-hydrogen) atoms. The van der Waals surface area contributed by atoms with E-state index in [9.17, 15) is 18.3 Å². The highest BCUT2D eigenvalue weighted by molar-refractivity contribution is 7.88. The van der Waals surface area contributed by atoms with Crippen LogP contribution in [0.15, 0.2) is 17.1 Å². The Morgan fingerprint density at radius 2 is 2.13 bits per heavy atom. The van der Waals surface area contributed by atoms with Gasteiger partial charge >= 0.3 is 0 Å². The van der Waals surface area contributed by atoms with Gasteiger partial charge in [-0.1, -0.05) is 0 Å². The summed E-state index contributed by atoms with van der Waals surface area (Å²) in [5.41, 5.74) is -2.59. The van der Waals surface area contributed by atoms with Gasteiger partial charge in [0.15, 0.2) is 0 Å². The molecule has 3 heterocycles. The topological polar surface area (TPSA) is 117 Å². The first-order chi connectivity index (χ1) is 16.7. The average molecular weight is 443 g/mol. The van der Waals surface area contributed by atoms with E-state index in [0.717, 1.165) is 21.2 Å². The molecule has 2 aliphatic rings. The molecular weight excluding hydrogens is 406 g/mol. The van der Waals surface area contributed by atoms with Gasteiger partial charge in [0.25, 0.3) is 5.56 Å². The Kier molecular flexibility index (Phi) is 3.56. The van der Waals surface area contributed by atoms with Crippen molar-refractivity contribution in [2.24, 2.45) is 0 Å². The summed E-state index contributed by atoms with van der Waals surface area (Å²) in [6.45, 7) is -2.35. The standard InChI is InChI=1S/C20H29N5O4S/c1-13-11-14-12-21-19(22-15-6-9-24(10-7-15)30(3,28)29)23-17(14)25(18(13)26)16-5-4-8-20(16,2)27/h11-12,15-16,27H,4-10H2,1-3H3,(H,21,22,23)/t16-,20-/m0/s1/i1D3,6D2,7D2. The molecule has 9 nitrogen and oxygen atoms in total. The van der Waals surface area contributed by atoms with Crippen LogP contribution < -0.4 is 10.9 Å². The first kappa shape index (κ1) is 14.1. The zero-order valence-electron chi connectivity index (χ0n) is 23.7. The molecule has 0 radical (unpaired) electrons. The van der Waals surface area contributed by atoms with Crippen LogP contribution in [0.25, 0.3) is 11.0 Å². The van der Waals surface area contributed by atoms with Crippen molar-refractivity contribution in [2.75, 3.05) is 24.7 Å². The zero-order valence-corrected chi connectivity index (χ0v) is 17.5. The van der Waals surface area contributed by atoms with E-state index in [4.69, 9.17) is 9.60 Å². The van der Waals surface area contributed by atoms with Crippen molar-refractivity contribution in [3.05, 3.63) is 28.2 Å². The molecule has 0 amide bonds. The summed E-state index contributed by atoms with van der Waals surface area (Å²) in [7, 11) is -3.85. The number of hydrogen-bond donors (Lipinski definition) is 2. The highest BCUT2D eigenvalue weighted by Crippen LogP contribution is 2.39. The molecule has 0 bridgehead atoms. The van der Waals surface area contributed by atoms with E-state index in [1.807, 2.05) is 0 Å². The lowest BCUT2D eigenvalue weighted by Gasteiger charge is -2.31. The number of rotatable bonds is 4. The summed E-state index contributed by atoms with van der Waals surface area (Å²) in [5, 5.41) is 13.8. The van der Waals surface area contributed by atoms with Crippen molar-refractivity contribution < 1.29 is 23.1 Å². The number of aryl methyl sites for hydroxylation is 1. The summed E-state index contributed by atoms with van der Waals surface area (Å²) in [4.78, 5) is 21.8. The van der Waals surface area contributed by atoms with E-state index in [1.54, 1.807) is 6.92 Å². The second kappa shape index (κ2) is 7.58. The van der Waals surface area contributed by atoms with Crippen LogP contribution >= 0.6 is 0 Å².